The van der Waals surface area contributed by atoms with Gasteiger partial charge in [-0.15, -0.1) is 0 Å². The number of carbonyl (C=O) groups is 2. The quantitative estimate of drug-likeness (QED) is 0.349. The van der Waals surface area contributed by atoms with Crippen molar-refractivity contribution in [3.8, 4) is 0 Å². The molecule has 1 atom stereocenters. The van der Waals surface area contributed by atoms with E-state index < -0.39 is 6.04 Å². The van der Waals surface area contributed by atoms with Gasteiger partial charge >= 0.3 is 0 Å². The first-order chi connectivity index (χ1) is 17.9. The summed E-state index contributed by atoms with van der Waals surface area (Å²) in [5.41, 5.74) is 5.12. The Kier molecular flexibility index (Phi) is 9.40. The van der Waals surface area contributed by atoms with Crippen LogP contribution >= 0.6 is 11.6 Å². The van der Waals surface area contributed by atoms with Crippen molar-refractivity contribution in [1.82, 2.24) is 10.2 Å². The van der Waals surface area contributed by atoms with Gasteiger partial charge in [-0.05, 0) is 61.1 Å². The summed E-state index contributed by atoms with van der Waals surface area (Å²) in [5.74, 6) is -0.138. The van der Waals surface area contributed by atoms with Gasteiger partial charge in [-0.2, -0.15) is 0 Å². The predicted octanol–water partition coefficient (Wildman–Crippen LogP) is 6.59. The Hall–Kier alpha value is -3.11. The third kappa shape index (κ3) is 7.69. The van der Waals surface area contributed by atoms with Crippen LogP contribution in [0.15, 0.2) is 72.8 Å². The van der Waals surface area contributed by atoms with Gasteiger partial charge in [0.1, 0.15) is 6.04 Å². The van der Waals surface area contributed by atoms with E-state index >= 15 is 0 Å². The van der Waals surface area contributed by atoms with Gasteiger partial charge < -0.3 is 10.2 Å². The highest BCUT2D eigenvalue weighted by Crippen LogP contribution is 2.22. The van der Waals surface area contributed by atoms with Gasteiger partial charge in [0.2, 0.25) is 11.8 Å². The maximum absolute atomic E-state index is 14.0. The summed E-state index contributed by atoms with van der Waals surface area (Å²) in [7, 11) is 0. The molecule has 1 aliphatic carbocycles. The third-order valence-corrected chi connectivity index (χ3v) is 7.55. The van der Waals surface area contributed by atoms with Crippen molar-refractivity contribution in [2.75, 3.05) is 0 Å². The number of nitrogens with one attached hydrogen (secondary N) is 1. The minimum atomic E-state index is -0.624. The second-order valence-electron chi connectivity index (χ2n) is 10.3. The second-order valence-corrected chi connectivity index (χ2v) is 10.7. The number of amides is 2. The van der Waals surface area contributed by atoms with Crippen LogP contribution in [0.1, 0.15) is 59.9 Å². The summed E-state index contributed by atoms with van der Waals surface area (Å²) >= 11 is 6.29. The Morgan fingerprint density at radius 3 is 2.38 bits per heavy atom. The largest absolute Gasteiger partial charge is 0.352 e. The van der Waals surface area contributed by atoms with E-state index in [4.69, 9.17) is 11.6 Å². The van der Waals surface area contributed by atoms with Crippen molar-refractivity contribution in [2.45, 2.75) is 77.4 Å². The predicted molar refractivity (Wildman–Crippen MR) is 151 cm³/mol. The molecule has 1 fully saturated rings. The Morgan fingerprint density at radius 2 is 1.65 bits per heavy atom. The summed E-state index contributed by atoms with van der Waals surface area (Å²) < 4.78 is 0. The normalized spacial score (nSPS) is 14.7. The number of carbonyl (C=O) groups excluding carboxylic acids is 2. The Bertz CT molecular complexity index is 1200. The maximum atomic E-state index is 14.0. The van der Waals surface area contributed by atoms with Crippen molar-refractivity contribution in [1.29, 1.82) is 0 Å². The van der Waals surface area contributed by atoms with E-state index in [1.54, 1.807) is 4.90 Å². The van der Waals surface area contributed by atoms with Crippen molar-refractivity contribution in [2.24, 2.45) is 0 Å². The molecule has 0 saturated heterocycles. The molecule has 4 nitrogen and oxygen atoms in total. The van der Waals surface area contributed by atoms with E-state index in [2.05, 4.69) is 23.5 Å². The number of rotatable bonds is 9. The minimum Gasteiger partial charge on any atom is -0.352 e. The average Bonchev–Trinajstić information content (AvgIpc) is 2.89. The topological polar surface area (TPSA) is 49.4 Å². The Balaban J connectivity index is 1.68. The zero-order valence-electron chi connectivity index (χ0n) is 21.9. The smallest absolute Gasteiger partial charge is 0.243 e. The maximum Gasteiger partial charge on any atom is 0.243 e. The minimum absolute atomic E-state index is 0.0617. The summed E-state index contributed by atoms with van der Waals surface area (Å²) in [6, 6.07) is 23.2. The van der Waals surface area contributed by atoms with E-state index in [0.29, 0.717) is 18.0 Å². The third-order valence-electron chi connectivity index (χ3n) is 7.31. The van der Waals surface area contributed by atoms with E-state index in [0.717, 1.165) is 53.5 Å². The number of nitrogens with zero attached hydrogens (tertiary/aromatic N) is 1. The zero-order chi connectivity index (χ0) is 26.2. The van der Waals surface area contributed by atoms with E-state index in [9.17, 15) is 9.59 Å². The van der Waals surface area contributed by atoms with Gasteiger partial charge in [-0.25, -0.2) is 0 Å². The molecule has 0 spiro atoms. The van der Waals surface area contributed by atoms with Gasteiger partial charge in [-0.1, -0.05) is 97.1 Å². The van der Waals surface area contributed by atoms with Crippen LogP contribution in [0.4, 0.5) is 0 Å². The summed E-state index contributed by atoms with van der Waals surface area (Å²) in [6.07, 6.45) is 6.17. The highest BCUT2D eigenvalue weighted by atomic mass is 35.5. The first-order valence-electron chi connectivity index (χ1n) is 13.3. The van der Waals surface area contributed by atoms with E-state index in [1.807, 2.05) is 68.4 Å². The number of aryl methyl sites for hydroxylation is 2. The lowest BCUT2D eigenvalue weighted by molar-refractivity contribution is -0.141. The molecule has 0 bridgehead atoms. The molecule has 0 radical (unpaired) electrons. The molecule has 5 heteroatoms. The van der Waals surface area contributed by atoms with E-state index in [-0.39, 0.29) is 24.3 Å². The zero-order valence-corrected chi connectivity index (χ0v) is 22.6. The number of hydrogen-bond acceptors (Lipinski definition) is 2. The number of halogens is 1. The molecule has 2 amide bonds. The van der Waals surface area contributed by atoms with Crippen molar-refractivity contribution in [3.05, 3.63) is 106 Å². The molecule has 37 heavy (non-hydrogen) atoms. The Morgan fingerprint density at radius 1 is 0.919 bits per heavy atom. The van der Waals surface area contributed by atoms with Crippen LogP contribution in [0.3, 0.4) is 0 Å². The fourth-order valence-corrected chi connectivity index (χ4v) is 5.40. The Labute approximate surface area is 226 Å². The van der Waals surface area contributed by atoms with Gasteiger partial charge in [-0.3, -0.25) is 9.59 Å². The lowest BCUT2D eigenvalue weighted by atomic mass is 9.94. The van der Waals surface area contributed by atoms with Crippen LogP contribution in [0.25, 0.3) is 0 Å². The molecule has 3 aromatic carbocycles. The fourth-order valence-electron chi connectivity index (χ4n) is 5.19. The van der Waals surface area contributed by atoms with Gasteiger partial charge in [0.05, 0.1) is 6.42 Å². The molecule has 0 aromatic heterocycles. The molecule has 194 valence electrons. The van der Waals surface area contributed by atoms with Crippen molar-refractivity contribution < 1.29 is 9.59 Å². The van der Waals surface area contributed by atoms with Crippen molar-refractivity contribution in [3.63, 3.8) is 0 Å². The first-order valence-corrected chi connectivity index (χ1v) is 13.7. The summed E-state index contributed by atoms with van der Waals surface area (Å²) in [4.78, 5) is 29.6. The van der Waals surface area contributed by atoms with Gasteiger partial charge in [0.25, 0.3) is 0 Å². The molecule has 3 aromatic rings. The monoisotopic (exact) mass is 516 g/mol. The van der Waals surface area contributed by atoms with Crippen LogP contribution in [-0.4, -0.2) is 28.8 Å². The van der Waals surface area contributed by atoms with Gasteiger partial charge in [0, 0.05) is 24.0 Å². The number of benzene rings is 3. The summed E-state index contributed by atoms with van der Waals surface area (Å²) in [5, 5.41) is 3.91. The molecule has 1 saturated carbocycles. The molecule has 0 heterocycles. The average molecular weight is 517 g/mol. The van der Waals surface area contributed by atoms with Crippen LogP contribution in [0.5, 0.6) is 0 Å². The molecule has 0 aliphatic heterocycles. The van der Waals surface area contributed by atoms with E-state index in [1.165, 1.54) is 6.42 Å². The lowest BCUT2D eigenvalue weighted by Crippen LogP contribution is -2.53. The fraction of sp³-hybridized carbons (Fsp3) is 0.375. The molecule has 1 aliphatic rings. The SMILES string of the molecule is Cc1ccc(C)c(CC(=O)N(Cc2cccc(Cl)c2)[C@H](Cc2ccccc2)C(=O)NC2CCCCC2)c1. The second kappa shape index (κ2) is 12.9. The highest BCUT2D eigenvalue weighted by Gasteiger charge is 2.32. The lowest BCUT2D eigenvalue weighted by Gasteiger charge is -2.33. The molecule has 1 N–H and O–H groups in total. The molecular weight excluding hydrogens is 480 g/mol. The summed E-state index contributed by atoms with van der Waals surface area (Å²) in [6.45, 7) is 4.38. The number of hydrogen-bond donors (Lipinski definition) is 1. The van der Waals surface area contributed by atoms with Crippen LogP contribution in [0.2, 0.25) is 5.02 Å². The standard InChI is InChI=1S/C32H37ClN2O2/c1-23-16-17-24(2)27(18-23)21-31(36)35(22-26-12-9-13-28(33)19-26)30(20-25-10-5-3-6-11-25)32(37)34-29-14-7-4-8-15-29/h3,5-6,9-13,16-19,29-30H,4,7-8,14-15,20-22H2,1-2H3,(H,34,37)/t30-/m1/s1. The van der Waals surface area contributed by atoms with Crippen LogP contribution in [0, 0.1) is 13.8 Å². The van der Waals surface area contributed by atoms with Crippen LogP contribution in [-0.2, 0) is 29.0 Å². The van der Waals surface area contributed by atoms with Crippen molar-refractivity contribution >= 4 is 23.4 Å². The van der Waals surface area contributed by atoms with Gasteiger partial charge in [0.15, 0.2) is 0 Å². The van der Waals surface area contributed by atoms with Crippen LogP contribution < -0.4 is 5.32 Å². The highest BCUT2D eigenvalue weighted by molar-refractivity contribution is 6.30. The molecule has 0 unspecified atom stereocenters. The molecular formula is C32H37ClN2O2. The molecule has 4 rings (SSSR count). The first kappa shape index (κ1) is 26.9.